The number of carbonyl (C=O) groups excluding carboxylic acids is 1. The van der Waals surface area contributed by atoms with Crippen LogP contribution >= 0.6 is 0 Å². The number of nitrogens with zero attached hydrogens (tertiary/aromatic N) is 7. The molecule has 3 aromatic rings. The van der Waals surface area contributed by atoms with Crippen LogP contribution in [0.5, 0.6) is 0 Å². The lowest BCUT2D eigenvalue weighted by atomic mass is 10.1. The SMILES string of the molecule is N#CC1CCN(c2ccnn3cc(-c4cnn(CC5(C#N)CC5)c4)cc23)C1=O. The van der Waals surface area contributed by atoms with E-state index >= 15 is 0 Å². The van der Waals surface area contributed by atoms with Gasteiger partial charge in [0.25, 0.3) is 0 Å². The van der Waals surface area contributed by atoms with Crippen molar-refractivity contribution in [3.8, 4) is 23.3 Å². The van der Waals surface area contributed by atoms with Crippen molar-refractivity contribution in [1.29, 1.82) is 10.5 Å². The highest BCUT2D eigenvalue weighted by molar-refractivity contribution is 6.02. The van der Waals surface area contributed by atoms with Gasteiger partial charge in [-0.3, -0.25) is 9.48 Å². The number of amides is 1. The molecule has 1 aliphatic heterocycles. The maximum absolute atomic E-state index is 12.5. The number of aromatic nitrogens is 4. The smallest absolute Gasteiger partial charge is 0.244 e. The maximum atomic E-state index is 12.5. The van der Waals surface area contributed by atoms with E-state index in [-0.39, 0.29) is 11.3 Å². The third-order valence-electron chi connectivity index (χ3n) is 5.66. The van der Waals surface area contributed by atoms with Crippen LogP contribution in [-0.4, -0.2) is 31.8 Å². The standard InChI is InChI=1S/C20H17N7O/c21-8-14-2-6-26(19(14)28)17-1-5-23-27-11-15(7-18(17)27)16-9-24-25(10-16)13-20(12-22)3-4-20/h1,5,7,9-11,14H,2-4,6,13H2. The highest BCUT2D eigenvalue weighted by Crippen LogP contribution is 2.46. The molecule has 1 amide bonds. The second-order valence-electron chi connectivity index (χ2n) is 7.55. The number of nitriles is 2. The summed E-state index contributed by atoms with van der Waals surface area (Å²) in [5, 5.41) is 27.2. The molecule has 8 heteroatoms. The van der Waals surface area contributed by atoms with Gasteiger partial charge >= 0.3 is 0 Å². The maximum Gasteiger partial charge on any atom is 0.244 e. The topological polar surface area (TPSA) is 103 Å². The third kappa shape index (κ3) is 2.54. The molecular weight excluding hydrogens is 354 g/mol. The Morgan fingerprint density at radius 1 is 1.21 bits per heavy atom. The van der Waals surface area contributed by atoms with Crippen LogP contribution in [0.25, 0.3) is 16.6 Å². The Kier molecular flexibility index (Phi) is 3.50. The first-order valence-electron chi connectivity index (χ1n) is 9.25. The average molecular weight is 371 g/mol. The number of carbonyl (C=O) groups is 1. The molecule has 1 saturated carbocycles. The van der Waals surface area contributed by atoms with Crippen molar-refractivity contribution in [3.63, 3.8) is 0 Å². The van der Waals surface area contributed by atoms with Crippen molar-refractivity contribution in [2.45, 2.75) is 25.8 Å². The summed E-state index contributed by atoms with van der Waals surface area (Å²) in [5.41, 5.74) is 3.20. The monoisotopic (exact) mass is 371 g/mol. The van der Waals surface area contributed by atoms with Crippen molar-refractivity contribution in [1.82, 2.24) is 19.4 Å². The molecule has 5 rings (SSSR count). The Balaban J connectivity index is 1.48. The lowest BCUT2D eigenvalue weighted by Crippen LogP contribution is -2.27. The molecule has 4 heterocycles. The lowest BCUT2D eigenvalue weighted by molar-refractivity contribution is -0.118. The molecule has 8 nitrogen and oxygen atoms in total. The molecule has 2 fully saturated rings. The van der Waals surface area contributed by atoms with Crippen molar-refractivity contribution < 1.29 is 4.79 Å². The van der Waals surface area contributed by atoms with Crippen LogP contribution in [0, 0.1) is 34.0 Å². The molecule has 1 aliphatic carbocycles. The van der Waals surface area contributed by atoms with E-state index in [9.17, 15) is 10.1 Å². The minimum absolute atomic E-state index is 0.155. The number of hydrogen-bond acceptors (Lipinski definition) is 5. The first-order valence-corrected chi connectivity index (χ1v) is 9.25. The van der Waals surface area contributed by atoms with Gasteiger partial charge in [-0.1, -0.05) is 0 Å². The van der Waals surface area contributed by atoms with E-state index in [0.29, 0.717) is 19.5 Å². The first-order chi connectivity index (χ1) is 13.6. The Hall–Kier alpha value is -3.65. The number of hydrogen-bond donors (Lipinski definition) is 0. The Morgan fingerprint density at radius 2 is 2.07 bits per heavy atom. The zero-order chi connectivity index (χ0) is 19.3. The molecule has 138 valence electrons. The van der Waals surface area contributed by atoms with Crippen LogP contribution in [0.2, 0.25) is 0 Å². The van der Waals surface area contributed by atoms with E-state index < -0.39 is 5.92 Å². The highest BCUT2D eigenvalue weighted by Gasteiger charge is 2.43. The van der Waals surface area contributed by atoms with Crippen LogP contribution in [0.1, 0.15) is 19.3 Å². The molecule has 0 radical (unpaired) electrons. The van der Waals surface area contributed by atoms with Crippen molar-refractivity contribution in [2.75, 3.05) is 11.4 Å². The fraction of sp³-hybridized carbons (Fsp3) is 0.350. The molecule has 0 bridgehead atoms. The number of anilines is 1. The van der Waals surface area contributed by atoms with Gasteiger partial charge in [0.1, 0.15) is 5.92 Å². The van der Waals surface area contributed by atoms with Crippen molar-refractivity contribution in [2.24, 2.45) is 11.3 Å². The summed E-state index contributed by atoms with van der Waals surface area (Å²) < 4.78 is 3.57. The van der Waals surface area contributed by atoms with Crippen LogP contribution in [-0.2, 0) is 11.3 Å². The van der Waals surface area contributed by atoms with Crippen LogP contribution in [0.4, 0.5) is 5.69 Å². The van der Waals surface area contributed by atoms with E-state index in [1.54, 1.807) is 21.8 Å². The molecule has 2 aliphatic rings. The minimum atomic E-state index is -0.573. The molecule has 0 aromatic carbocycles. The molecule has 28 heavy (non-hydrogen) atoms. The molecule has 1 atom stereocenters. The van der Waals surface area contributed by atoms with Crippen LogP contribution in [0.15, 0.2) is 36.9 Å². The second kappa shape index (κ2) is 5.93. The largest absolute Gasteiger partial charge is 0.309 e. The minimum Gasteiger partial charge on any atom is -0.309 e. The fourth-order valence-corrected chi connectivity index (χ4v) is 3.79. The van der Waals surface area contributed by atoms with E-state index in [1.807, 2.05) is 29.2 Å². The van der Waals surface area contributed by atoms with E-state index in [2.05, 4.69) is 22.3 Å². The molecule has 0 spiro atoms. The lowest BCUT2D eigenvalue weighted by Gasteiger charge is -2.16. The summed E-state index contributed by atoms with van der Waals surface area (Å²) in [6.07, 6.45) is 9.69. The Bertz CT molecular complexity index is 1170. The Labute approximate surface area is 161 Å². The van der Waals surface area contributed by atoms with Gasteiger partial charge in [-0.15, -0.1) is 0 Å². The molecule has 1 unspecified atom stereocenters. The van der Waals surface area contributed by atoms with Crippen LogP contribution < -0.4 is 4.90 Å². The van der Waals surface area contributed by atoms with Crippen LogP contribution in [0.3, 0.4) is 0 Å². The predicted octanol–water partition coefficient (Wildman–Crippen LogP) is 2.38. The summed E-state index contributed by atoms with van der Waals surface area (Å²) in [5.74, 6) is -0.729. The fourth-order valence-electron chi connectivity index (χ4n) is 3.79. The second-order valence-corrected chi connectivity index (χ2v) is 7.55. The van der Waals surface area contributed by atoms with Gasteiger partial charge in [-0.25, -0.2) is 4.52 Å². The predicted molar refractivity (Wildman–Crippen MR) is 99.8 cm³/mol. The van der Waals surface area contributed by atoms with Gasteiger partial charge in [0.15, 0.2) is 0 Å². The van der Waals surface area contributed by atoms with Gasteiger partial charge in [-0.2, -0.15) is 20.7 Å². The number of rotatable bonds is 4. The zero-order valence-corrected chi connectivity index (χ0v) is 15.1. The Morgan fingerprint density at radius 3 is 2.79 bits per heavy atom. The van der Waals surface area contributed by atoms with Gasteiger partial charge in [0, 0.05) is 36.3 Å². The summed E-state index contributed by atoms with van der Waals surface area (Å²) >= 11 is 0. The summed E-state index contributed by atoms with van der Waals surface area (Å²) in [7, 11) is 0. The molecule has 3 aromatic heterocycles. The number of fused-ring (bicyclic) bond motifs is 1. The van der Waals surface area contributed by atoms with Gasteiger partial charge < -0.3 is 4.90 Å². The zero-order valence-electron chi connectivity index (χ0n) is 15.1. The van der Waals surface area contributed by atoms with Crippen molar-refractivity contribution in [3.05, 3.63) is 36.9 Å². The quantitative estimate of drug-likeness (QED) is 0.700. The summed E-state index contributed by atoms with van der Waals surface area (Å²) in [4.78, 5) is 14.1. The van der Waals surface area contributed by atoms with E-state index in [4.69, 9.17) is 5.26 Å². The van der Waals surface area contributed by atoms with Gasteiger partial charge in [0.2, 0.25) is 5.91 Å². The molecular formula is C20H17N7O. The normalized spacial score (nSPS) is 20.3. The third-order valence-corrected chi connectivity index (χ3v) is 5.66. The van der Waals surface area contributed by atoms with Gasteiger partial charge in [-0.05, 0) is 31.4 Å². The van der Waals surface area contributed by atoms with Gasteiger partial charge in [0.05, 0.1) is 41.5 Å². The first kappa shape index (κ1) is 16.5. The average Bonchev–Trinajstić information content (AvgIpc) is 3.03. The van der Waals surface area contributed by atoms with E-state index in [0.717, 1.165) is 35.2 Å². The van der Waals surface area contributed by atoms with Crippen molar-refractivity contribution >= 4 is 17.1 Å². The molecule has 0 N–H and O–H groups in total. The summed E-state index contributed by atoms with van der Waals surface area (Å²) in [6, 6.07) is 8.25. The molecule has 1 saturated heterocycles. The van der Waals surface area contributed by atoms with E-state index in [1.165, 1.54) is 0 Å². The summed E-state index contributed by atoms with van der Waals surface area (Å²) in [6.45, 7) is 1.14. The highest BCUT2D eigenvalue weighted by atomic mass is 16.2.